The van der Waals surface area contributed by atoms with Gasteiger partial charge in [-0.1, -0.05) is 17.8 Å². The smallest absolute Gasteiger partial charge is 0.237 e. The van der Waals surface area contributed by atoms with Gasteiger partial charge in [-0.2, -0.15) is 0 Å². The fraction of sp³-hybridized carbons (Fsp3) is 0.235. The van der Waals surface area contributed by atoms with Crippen LogP contribution in [0.2, 0.25) is 0 Å². The molecular weight excluding hydrogens is 418 g/mol. The summed E-state index contributed by atoms with van der Waals surface area (Å²) in [6.07, 6.45) is 1.57. The van der Waals surface area contributed by atoms with Crippen LogP contribution < -0.4 is 11.2 Å². The molecule has 0 spiro atoms. The van der Waals surface area contributed by atoms with E-state index in [0.29, 0.717) is 16.7 Å². The van der Waals surface area contributed by atoms with Gasteiger partial charge < -0.3 is 15.6 Å². The van der Waals surface area contributed by atoms with Gasteiger partial charge in [0.2, 0.25) is 11.1 Å². The Morgan fingerprint density at radius 3 is 2.77 bits per heavy atom. The van der Waals surface area contributed by atoms with Crippen LogP contribution in [0.5, 0.6) is 0 Å². The normalized spacial score (nSPS) is 12.2. The molecule has 3 rings (SSSR count). The highest BCUT2D eigenvalue weighted by Gasteiger charge is 2.21. The maximum Gasteiger partial charge on any atom is 0.237 e. The summed E-state index contributed by atoms with van der Waals surface area (Å²) >= 11 is 4.70. The predicted molar refractivity (Wildman–Crippen MR) is 105 cm³/mol. The van der Waals surface area contributed by atoms with E-state index >= 15 is 0 Å². The molecule has 2 heterocycles. The van der Waals surface area contributed by atoms with Crippen molar-refractivity contribution < 1.29 is 9.21 Å². The van der Waals surface area contributed by atoms with Gasteiger partial charge in [0.15, 0.2) is 5.82 Å². The number of nitrogens with one attached hydrogen (secondary N) is 1. The molecule has 1 aromatic carbocycles. The molecule has 0 aliphatic rings. The molecule has 136 valence electrons. The molecule has 2 aromatic heterocycles. The number of anilines is 1. The molecule has 1 unspecified atom stereocenters. The maximum atomic E-state index is 12.5. The van der Waals surface area contributed by atoms with E-state index in [-0.39, 0.29) is 5.91 Å². The largest absolute Gasteiger partial charge is 0.469 e. The minimum atomic E-state index is -0.409. The van der Waals surface area contributed by atoms with Gasteiger partial charge in [-0.25, -0.2) is 4.68 Å². The van der Waals surface area contributed by atoms with Crippen molar-refractivity contribution >= 4 is 39.3 Å². The fourth-order valence-corrected chi connectivity index (χ4v) is 3.69. The van der Waals surface area contributed by atoms with Crippen molar-refractivity contribution in [3.05, 3.63) is 46.3 Å². The molecule has 0 aliphatic carbocycles. The molecule has 0 fully saturated rings. The molecule has 0 bridgehead atoms. The molecule has 7 nitrogen and oxygen atoms in total. The van der Waals surface area contributed by atoms with Gasteiger partial charge in [0, 0.05) is 4.47 Å². The monoisotopic (exact) mass is 435 g/mol. The Balaban J connectivity index is 1.72. The van der Waals surface area contributed by atoms with Crippen LogP contribution in [-0.4, -0.2) is 26.0 Å². The number of benzene rings is 1. The third-order valence-electron chi connectivity index (χ3n) is 3.80. The second kappa shape index (κ2) is 7.55. The number of nitrogens with zero attached hydrogens (tertiary/aromatic N) is 3. The van der Waals surface area contributed by atoms with Crippen molar-refractivity contribution in [2.45, 2.75) is 31.2 Å². The lowest BCUT2D eigenvalue weighted by molar-refractivity contribution is -0.115. The van der Waals surface area contributed by atoms with Gasteiger partial charge in [-0.05, 0) is 60.5 Å². The van der Waals surface area contributed by atoms with Gasteiger partial charge >= 0.3 is 0 Å². The van der Waals surface area contributed by atoms with E-state index in [1.165, 1.54) is 16.4 Å². The van der Waals surface area contributed by atoms with Crippen LogP contribution in [-0.2, 0) is 4.79 Å². The zero-order valence-corrected chi connectivity index (χ0v) is 16.9. The fourth-order valence-electron chi connectivity index (χ4n) is 2.33. The predicted octanol–water partition coefficient (Wildman–Crippen LogP) is 3.75. The molecule has 1 amide bonds. The number of carbonyl (C=O) groups excluding carboxylic acids is 1. The third kappa shape index (κ3) is 3.78. The number of rotatable bonds is 5. The zero-order valence-electron chi connectivity index (χ0n) is 14.5. The van der Waals surface area contributed by atoms with E-state index in [9.17, 15) is 4.79 Å². The van der Waals surface area contributed by atoms with Crippen molar-refractivity contribution in [3.63, 3.8) is 0 Å². The maximum absolute atomic E-state index is 12.5. The molecule has 0 aliphatic heterocycles. The highest BCUT2D eigenvalue weighted by atomic mass is 79.9. The van der Waals surface area contributed by atoms with Gasteiger partial charge in [-0.3, -0.25) is 4.79 Å². The summed E-state index contributed by atoms with van der Waals surface area (Å²) in [4.78, 5) is 12.5. The number of aromatic nitrogens is 3. The minimum absolute atomic E-state index is 0.149. The standard InChI is InChI=1S/C17H18BrN5O2S/c1-9-4-5-14(13(18)8-9)20-16(24)11(3)26-17-22-21-15(23(17)19)12-6-7-25-10(12)2/h4-8,11H,19H2,1-3H3,(H,20,24). The molecule has 3 N–H and O–H groups in total. The van der Waals surface area contributed by atoms with E-state index in [1.807, 2.05) is 32.0 Å². The second-order valence-corrected chi connectivity index (χ2v) is 7.96. The molecule has 9 heteroatoms. The van der Waals surface area contributed by atoms with Crippen molar-refractivity contribution in [2.24, 2.45) is 0 Å². The quantitative estimate of drug-likeness (QED) is 0.467. The average Bonchev–Trinajstić information content (AvgIpc) is 3.16. The Bertz CT molecular complexity index is 953. The highest BCUT2D eigenvalue weighted by Crippen LogP contribution is 2.28. The number of nitrogen functional groups attached to an aromatic ring is 1. The number of nitrogens with two attached hydrogens (primary N) is 1. The minimum Gasteiger partial charge on any atom is -0.469 e. The van der Waals surface area contributed by atoms with Crippen LogP contribution in [0.3, 0.4) is 0 Å². The Morgan fingerprint density at radius 1 is 1.35 bits per heavy atom. The van der Waals surface area contributed by atoms with E-state index in [2.05, 4.69) is 31.4 Å². The third-order valence-corrected chi connectivity index (χ3v) is 5.51. The first kappa shape index (κ1) is 18.5. The number of carbonyl (C=O) groups is 1. The Hall–Kier alpha value is -2.26. The van der Waals surface area contributed by atoms with Crippen molar-refractivity contribution in [3.8, 4) is 11.4 Å². The lowest BCUT2D eigenvalue weighted by Gasteiger charge is -2.13. The zero-order chi connectivity index (χ0) is 18.8. The SMILES string of the molecule is Cc1ccc(NC(=O)C(C)Sc2nnc(-c3ccoc3C)n2N)c(Br)c1. The van der Waals surface area contributed by atoms with Crippen LogP contribution in [0.25, 0.3) is 11.4 Å². The summed E-state index contributed by atoms with van der Waals surface area (Å²) in [7, 11) is 0. The van der Waals surface area contributed by atoms with Gasteiger partial charge in [0.1, 0.15) is 5.76 Å². The van der Waals surface area contributed by atoms with Crippen LogP contribution in [0, 0.1) is 13.8 Å². The number of aryl methyl sites for hydroxylation is 2. The molecule has 3 aromatic rings. The first-order valence-electron chi connectivity index (χ1n) is 7.85. The summed E-state index contributed by atoms with van der Waals surface area (Å²) in [5, 5.41) is 11.1. The topological polar surface area (TPSA) is 99.0 Å². The second-order valence-electron chi connectivity index (χ2n) is 5.80. The summed E-state index contributed by atoms with van der Waals surface area (Å²) < 4.78 is 7.48. The number of thioether (sulfide) groups is 1. The van der Waals surface area contributed by atoms with Crippen molar-refractivity contribution in [1.29, 1.82) is 0 Å². The number of amides is 1. The van der Waals surface area contributed by atoms with E-state index in [1.54, 1.807) is 19.3 Å². The lowest BCUT2D eigenvalue weighted by Crippen LogP contribution is -2.24. The molecule has 0 saturated heterocycles. The highest BCUT2D eigenvalue weighted by molar-refractivity contribution is 9.10. The van der Waals surface area contributed by atoms with Gasteiger partial charge in [-0.15, -0.1) is 10.2 Å². The molecule has 1 atom stereocenters. The molecular formula is C17H18BrN5O2S. The van der Waals surface area contributed by atoms with E-state index in [4.69, 9.17) is 10.3 Å². The van der Waals surface area contributed by atoms with Crippen LogP contribution in [0.15, 0.2) is 44.6 Å². The van der Waals surface area contributed by atoms with Crippen LogP contribution in [0.1, 0.15) is 18.2 Å². The van der Waals surface area contributed by atoms with Crippen molar-refractivity contribution in [1.82, 2.24) is 14.9 Å². The first-order valence-corrected chi connectivity index (χ1v) is 9.52. The average molecular weight is 436 g/mol. The summed E-state index contributed by atoms with van der Waals surface area (Å²) in [6.45, 7) is 5.61. The number of hydrogen-bond acceptors (Lipinski definition) is 6. The number of hydrogen-bond donors (Lipinski definition) is 2. The van der Waals surface area contributed by atoms with Crippen LogP contribution >= 0.6 is 27.7 Å². The summed E-state index contributed by atoms with van der Waals surface area (Å²) in [5.41, 5.74) is 2.60. The first-order chi connectivity index (χ1) is 12.4. The van der Waals surface area contributed by atoms with Crippen LogP contribution in [0.4, 0.5) is 5.69 Å². The molecule has 0 saturated carbocycles. The Morgan fingerprint density at radius 2 is 2.12 bits per heavy atom. The van der Waals surface area contributed by atoms with Gasteiger partial charge in [0.05, 0.1) is 22.8 Å². The van der Waals surface area contributed by atoms with Gasteiger partial charge in [0.25, 0.3) is 0 Å². The Labute approximate surface area is 163 Å². The Kier molecular flexibility index (Phi) is 5.38. The van der Waals surface area contributed by atoms with E-state index < -0.39 is 5.25 Å². The summed E-state index contributed by atoms with van der Waals surface area (Å²) in [6, 6.07) is 7.53. The summed E-state index contributed by atoms with van der Waals surface area (Å²) in [5.74, 6) is 7.14. The molecule has 26 heavy (non-hydrogen) atoms. The number of halogens is 1. The van der Waals surface area contributed by atoms with E-state index in [0.717, 1.165) is 21.3 Å². The number of furan rings is 1. The van der Waals surface area contributed by atoms with Crippen molar-refractivity contribution in [2.75, 3.05) is 11.2 Å². The molecule has 0 radical (unpaired) electrons. The lowest BCUT2D eigenvalue weighted by atomic mass is 10.2.